The Balaban J connectivity index is 2.50. The summed E-state index contributed by atoms with van der Waals surface area (Å²) in [5, 5.41) is 9.06. The summed E-state index contributed by atoms with van der Waals surface area (Å²) in [6.07, 6.45) is 0. The van der Waals surface area contributed by atoms with Gasteiger partial charge in [0.1, 0.15) is 18.1 Å². The van der Waals surface area contributed by atoms with E-state index < -0.39 is 0 Å². The van der Waals surface area contributed by atoms with Crippen LogP contribution in [0.4, 0.5) is 0 Å². The molecule has 0 amide bonds. The quantitative estimate of drug-likeness (QED) is 0.576. The molecule has 3 heteroatoms. The Morgan fingerprint density at radius 3 is 3.18 bits per heavy atom. The van der Waals surface area contributed by atoms with Crippen molar-refractivity contribution >= 4 is 0 Å². The highest BCUT2D eigenvalue weighted by atomic mass is 16.5. The Kier molecular flexibility index (Phi) is 1.26. The van der Waals surface area contributed by atoms with Gasteiger partial charge in [-0.15, -0.1) is 0 Å². The molecule has 58 valence electrons. The molecule has 11 heavy (non-hydrogen) atoms. The second kappa shape index (κ2) is 2.13. The SMILES string of the molecule is N[C@H]1COc2cc(O)ccc21. The standard InChI is InChI=1S/C8H9NO2/c9-7-4-11-8-3-5(10)1-2-6(7)8/h1-3,7,10H,4,9H2/t7-/m0/s1. The average molecular weight is 151 g/mol. The molecule has 0 saturated carbocycles. The van der Waals surface area contributed by atoms with Crippen molar-refractivity contribution in [2.45, 2.75) is 6.04 Å². The first-order valence-electron chi connectivity index (χ1n) is 3.48. The monoisotopic (exact) mass is 151 g/mol. The van der Waals surface area contributed by atoms with Crippen LogP contribution in [0, 0.1) is 0 Å². The normalized spacial score (nSPS) is 21.0. The van der Waals surface area contributed by atoms with Crippen LogP contribution in [0.2, 0.25) is 0 Å². The van der Waals surface area contributed by atoms with Crippen LogP contribution in [0.5, 0.6) is 11.5 Å². The zero-order valence-corrected chi connectivity index (χ0v) is 5.95. The maximum atomic E-state index is 9.06. The molecule has 2 rings (SSSR count). The highest BCUT2D eigenvalue weighted by Gasteiger charge is 2.20. The van der Waals surface area contributed by atoms with Gasteiger partial charge < -0.3 is 15.6 Å². The average Bonchev–Trinajstić information content (AvgIpc) is 2.32. The first-order chi connectivity index (χ1) is 5.27. The van der Waals surface area contributed by atoms with Crippen LogP contribution >= 0.6 is 0 Å². The van der Waals surface area contributed by atoms with E-state index in [9.17, 15) is 0 Å². The Labute approximate surface area is 64.4 Å². The van der Waals surface area contributed by atoms with E-state index in [0.717, 1.165) is 5.56 Å². The number of hydrogen-bond acceptors (Lipinski definition) is 3. The zero-order chi connectivity index (χ0) is 7.84. The fourth-order valence-corrected chi connectivity index (χ4v) is 1.22. The van der Waals surface area contributed by atoms with E-state index in [-0.39, 0.29) is 11.8 Å². The predicted molar refractivity (Wildman–Crippen MR) is 40.5 cm³/mol. The van der Waals surface area contributed by atoms with Gasteiger partial charge in [-0.3, -0.25) is 0 Å². The molecule has 0 aliphatic carbocycles. The van der Waals surface area contributed by atoms with Crippen molar-refractivity contribution in [3.8, 4) is 11.5 Å². The highest BCUT2D eigenvalue weighted by molar-refractivity contribution is 5.44. The van der Waals surface area contributed by atoms with Crippen molar-refractivity contribution in [2.75, 3.05) is 6.61 Å². The second-order valence-corrected chi connectivity index (χ2v) is 2.64. The summed E-state index contributed by atoms with van der Waals surface area (Å²) in [4.78, 5) is 0. The summed E-state index contributed by atoms with van der Waals surface area (Å²) in [6, 6.07) is 4.96. The van der Waals surface area contributed by atoms with Crippen molar-refractivity contribution < 1.29 is 9.84 Å². The van der Waals surface area contributed by atoms with E-state index in [0.29, 0.717) is 12.4 Å². The van der Waals surface area contributed by atoms with Gasteiger partial charge in [0.15, 0.2) is 0 Å². The summed E-state index contributed by atoms with van der Waals surface area (Å²) in [7, 11) is 0. The third-order valence-corrected chi connectivity index (χ3v) is 1.82. The Morgan fingerprint density at radius 1 is 1.55 bits per heavy atom. The number of ether oxygens (including phenoxy) is 1. The predicted octanol–water partition coefficient (Wildman–Crippen LogP) is 0.784. The molecule has 1 atom stereocenters. The van der Waals surface area contributed by atoms with E-state index in [4.69, 9.17) is 15.6 Å². The van der Waals surface area contributed by atoms with E-state index >= 15 is 0 Å². The summed E-state index contributed by atoms with van der Waals surface area (Å²) in [5.41, 5.74) is 6.66. The van der Waals surface area contributed by atoms with Crippen LogP contribution in [0.25, 0.3) is 0 Å². The topological polar surface area (TPSA) is 55.5 Å². The van der Waals surface area contributed by atoms with Crippen LogP contribution in [-0.4, -0.2) is 11.7 Å². The molecule has 1 aliphatic rings. The van der Waals surface area contributed by atoms with Crippen LogP contribution in [0.15, 0.2) is 18.2 Å². The highest BCUT2D eigenvalue weighted by Crippen LogP contribution is 2.33. The summed E-state index contributed by atoms with van der Waals surface area (Å²) >= 11 is 0. The van der Waals surface area contributed by atoms with Gasteiger partial charge in [-0.1, -0.05) is 0 Å². The number of phenols is 1. The van der Waals surface area contributed by atoms with Crippen molar-refractivity contribution in [2.24, 2.45) is 5.73 Å². The molecule has 0 radical (unpaired) electrons. The molecule has 0 saturated heterocycles. The smallest absolute Gasteiger partial charge is 0.127 e. The third-order valence-electron chi connectivity index (χ3n) is 1.82. The van der Waals surface area contributed by atoms with Crippen molar-refractivity contribution in [1.82, 2.24) is 0 Å². The van der Waals surface area contributed by atoms with Crippen LogP contribution in [0.3, 0.4) is 0 Å². The Bertz CT molecular complexity index is 285. The molecule has 3 nitrogen and oxygen atoms in total. The minimum Gasteiger partial charge on any atom is -0.508 e. The van der Waals surface area contributed by atoms with Gasteiger partial charge in [-0.2, -0.15) is 0 Å². The van der Waals surface area contributed by atoms with Gasteiger partial charge in [0.05, 0.1) is 6.04 Å². The number of hydrogen-bond donors (Lipinski definition) is 2. The molecule has 1 aromatic rings. The molecule has 1 heterocycles. The molecule has 1 aliphatic heterocycles. The largest absolute Gasteiger partial charge is 0.508 e. The Morgan fingerprint density at radius 2 is 2.36 bits per heavy atom. The molecule has 0 spiro atoms. The molecular formula is C8H9NO2. The van der Waals surface area contributed by atoms with Gasteiger partial charge in [0.2, 0.25) is 0 Å². The maximum Gasteiger partial charge on any atom is 0.127 e. The lowest BCUT2D eigenvalue weighted by Crippen LogP contribution is -2.10. The van der Waals surface area contributed by atoms with Gasteiger partial charge >= 0.3 is 0 Å². The van der Waals surface area contributed by atoms with Crippen molar-refractivity contribution in [3.05, 3.63) is 23.8 Å². The van der Waals surface area contributed by atoms with E-state index in [1.807, 2.05) is 0 Å². The van der Waals surface area contributed by atoms with E-state index in [1.54, 1.807) is 18.2 Å². The van der Waals surface area contributed by atoms with Crippen LogP contribution in [-0.2, 0) is 0 Å². The second-order valence-electron chi connectivity index (χ2n) is 2.64. The lowest BCUT2D eigenvalue weighted by Gasteiger charge is -1.99. The molecule has 0 aromatic heterocycles. The maximum absolute atomic E-state index is 9.06. The Hall–Kier alpha value is -1.22. The molecule has 0 unspecified atom stereocenters. The van der Waals surface area contributed by atoms with Crippen LogP contribution < -0.4 is 10.5 Å². The lowest BCUT2D eigenvalue weighted by molar-refractivity contribution is 0.332. The molecule has 0 bridgehead atoms. The van der Waals surface area contributed by atoms with Crippen LogP contribution in [0.1, 0.15) is 11.6 Å². The summed E-state index contributed by atoms with van der Waals surface area (Å²) in [6.45, 7) is 0.513. The van der Waals surface area contributed by atoms with E-state index in [2.05, 4.69) is 0 Å². The third kappa shape index (κ3) is 0.935. The minimum absolute atomic E-state index is 0.0365. The number of rotatable bonds is 0. The first kappa shape index (κ1) is 6.49. The lowest BCUT2D eigenvalue weighted by atomic mass is 10.1. The molecule has 0 fully saturated rings. The molecule has 1 aromatic carbocycles. The number of nitrogens with two attached hydrogens (primary N) is 1. The number of aromatic hydroxyl groups is 1. The fraction of sp³-hybridized carbons (Fsp3) is 0.250. The van der Waals surface area contributed by atoms with E-state index in [1.165, 1.54) is 0 Å². The molecule has 3 N–H and O–H groups in total. The van der Waals surface area contributed by atoms with Crippen molar-refractivity contribution in [1.29, 1.82) is 0 Å². The number of phenolic OH excluding ortho intramolecular Hbond substituents is 1. The number of benzene rings is 1. The zero-order valence-electron chi connectivity index (χ0n) is 5.95. The summed E-state index contributed by atoms with van der Waals surface area (Å²) in [5.74, 6) is 0.926. The van der Waals surface area contributed by atoms with Gasteiger partial charge in [-0.05, 0) is 12.1 Å². The van der Waals surface area contributed by atoms with Gasteiger partial charge in [0.25, 0.3) is 0 Å². The van der Waals surface area contributed by atoms with Gasteiger partial charge in [-0.25, -0.2) is 0 Å². The fourth-order valence-electron chi connectivity index (χ4n) is 1.22. The number of fused-ring (bicyclic) bond motifs is 1. The van der Waals surface area contributed by atoms with Gasteiger partial charge in [0, 0.05) is 11.6 Å². The first-order valence-corrected chi connectivity index (χ1v) is 3.48. The minimum atomic E-state index is -0.0365. The summed E-state index contributed by atoms with van der Waals surface area (Å²) < 4.78 is 5.21. The van der Waals surface area contributed by atoms with Crippen molar-refractivity contribution in [3.63, 3.8) is 0 Å². The molecular weight excluding hydrogens is 142 g/mol.